The first kappa shape index (κ1) is 15.4. The Hall–Kier alpha value is -0.520. The Bertz CT molecular complexity index is 607. The lowest BCUT2D eigenvalue weighted by molar-refractivity contribution is 0.261. The van der Waals surface area contributed by atoms with Crippen molar-refractivity contribution in [2.24, 2.45) is 5.92 Å². The summed E-state index contributed by atoms with van der Waals surface area (Å²) >= 11 is 5.97. The molecule has 2 aliphatic rings. The third-order valence-corrected chi connectivity index (χ3v) is 6.79. The third kappa shape index (κ3) is 3.01. The summed E-state index contributed by atoms with van der Waals surface area (Å²) in [6.07, 6.45) is 7.18. The molecule has 0 N–H and O–H groups in total. The van der Waals surface area contributed by atoms with E-state index < -0.39 is 10.0 Å². The zero-order valence-electron chi connectivity index (χ0n) is 12.5. The molecule has 118 valence electrons. The van der Waals surface area contributed by atoms with Gasteiger partial charge in [0.15, 0.2) is 0 Å². The Morgan fingerprint density at radius 1 is 1.33 bits per heavy atom. The molecular weight excluding hydrogens is 308 g/mol. The quantitative estimate of drug-likeness (QED) is 0.777. The monoisotopic (exact) mass is 330 g/mol. The topological polar surface area (TPSA) is 42.3 Å². The van der Waals surface area contributed by atoms with Crippen LogP contribution in [0.15, 0.2) is 17.2 Å². The summed E-state index contributed by atoms with van der Waals surface area (Å²) in [7, 11) is -3.37. The number of alkyl halides is 1. The van der Waals surface area contributed by atoms with Gasteiger partial charge in [0.1, 0.15) is 4.90 Å². The molecule has 1 unspecified atom stereocenters. The number of hydrogen-bond donors (Lipinski definition) is 0. The second-order valence-electron chi connectivity index (χ2n) is 6.22. The van der Waals surface area contributed by atoms with E-state index in [1.165, 1.54) is 0 Å². The highest BCUT2D eigenvalue weighted by Gasteiger charge is 2.33. The minimum Gasteiger partial charge on any atom is -0.346 e. The van der Waals surface area contributed by atoms with Gasteiger partial charge in [-0.25, -0.2) is 8.42 Å². The van der Waals surface area contributed by atoms with Gasteiger partial charge in [0.25, 0.3) is 0 Å². The average molecular weight is 331 g/mol. The molecule has 21 heavy (non-hydrogen) atoms. The van der Waals surface area contributed by atoms with Gasteiger partial charge < -0.3 is 4.57 Å². The lowest BCUT2D eigenvalue weighted by Crippen LogP contribution is -2.39. The van der Waals surface area contributed by atoms with Crippen LogP contribution >= 0.6 is 11.6 Å². The van der Waals surface area contributed by atoms with E-state index in [9.17, 15) is 8.42 Å². The van der Waals surface area contributed by atoms with Gasteiger partial charge in [-0.15, -0.1) is 11.6 Å². The molecule has 1 aliphatic heterocycles. The van der Waals surface area contributed by atoms with Crippen LogP contribution < -0.4 is 0 Å². The van der Waals surface area contributed by atoms with Crippen molar-refractivity contribution in [2.75, 3.05) is 13.1 Å². The van der Waals surface area contributed by atoms with E-state index in [-0.39, 0.29) is 0 Å². The van der Waals surface area contributed by atoms with E-state index in [1.807, 2.05) is 0 Å². The Morgan fingerprint density at radius 2 is 2.10 bits per heavy atom. The van der Waals surface area contributed by atoms with Crippen molar-refractivity contribution < 1.29 is 8.42 Å². The maximum absolute atomic E-state index is 12.8. The maximum atomic E-state index is 12.8. The predicted octanol–water partition coefficient (Wildman–Crippen LogP) is 3.37. The summed E-state index contributed by atoms with van der Waals surface area (Å²) in [5.74, 6) is 0.857. The summed E-state index contributed by atoms with van der Waals surface area (Å²) in [6.45, 7) is 3.43. The molecule has 0 spiro atoms. The van der Waals surface area contributed by atoms with Crippen LogP contribution in [0.5, 0.6) is 0 Å². The molecule has 6 heteroatoms. The maximum Gasteiger partial charge on any atom is 0.244 e. The number of rotatable bonds is 5. The molecule has 1 aromatic heterocycles. The van der Waals surface area contributed by atoms with E-state index >= 15 is 0 Å². The lowest BCUT2D eigenvalue weighted by Gasteiger charge is -2.31. The second-order valence-corrected chi connectivity index (χ2v) is 8.42. The molecule has 0 radical (unpaired) electrons. The van der Waals surface area contributed by atoms with Gasteiger partial charge in [-0.2, -0.15) is 4.31 Å². The summed E-state index contributed by atoms with van der Waals surface area (Å²) in [5.41, 5.74) is 0.918. The minimum absolute atomic E-state index is 0.365. The first-order valence-electron chi connectivity index (χ1n) is 7.83. The van der Waals surface area contributed by atoms with E-state index in [0.717, 1.165) is 37.8 Å². The Kier molecular flexibility index (Phi) is 4.35. The molecule has 1 saturated carbocycles. The fourth-order valence-electron chi connectivity index (χ4n) is 3.16. The second kappa shape index (κ2) is 5.94. The van der Waals surface area contributed by atoms with Crippen molar-refractivity contribution in [3.63, 3.8) is 0 Å². The Balaban J connectivity index is 1.87. The van der Waals surface area contributed by atoms with E-state index in [0.29, 0.717) is 35.8 Å². The van der Waals surface area contributed by atoms with Crippen molar-refractivity contribution in [2.45, 2.75) is 55.8 Å². The van der Waals surface area contributed by atoms with E-state index in [4.69, 9.17) is 11.6 Å². The molecule has 0 aromatic carbocycles. The molecule has 1 saturated heterocycles. The molecule has 2 fully saturated rings. The average Bonchev–Trinajstić information content (AvgIpc) is 3.25. The molecule has 1 aliphatic carbocycles. The van der Waals surface area contributed by atoms with Crippen LogP contribution in [-0.4, -0.2) is 30.4 Å². The largest absolute Gasteiger partial charge is 0.346 e. The molecule has 0 bridgehead atoms. The lowest BCUT2D eigenvalue weighted by atomic mass is 9.97. The van der Waals surface area contributed by atoms with Crippen molar-refractivity contribution >= 4 is 21.6 Å². The predicted molar refractivity (Wildman–Crippen MR) is 84.0 cm³/mol. The van der Waals surface area contributed by atoms with E-state index in [2.05, 4.69) is 11.5 Å². The first-order chi connectivity index (χ1) is 10.1. The van der Waals surface area contributed by atoms with Gasteiger partial charge in [0.05, 0.1) is 5.88 Å². The van der Waals surface area contributed by atoms with E-state index in [1.54, 1.807) is 16.6 Å². The van der Waals surface area contributed by atoms with Crippen LogP contribution in [-0.2, 0) is 15.9 Å². The number of nitrogens with zero attached hydrogens (tertiary/aromatic N) is 2. The molecule has 1 aromatic rings. The van der Waals surface area contributed by atoms with Crippen molar-refractivity contribution in [1.29, 1.82) is 0 Å². The minimum atomic E-state index is -3.37. The normalized spacial score (nSPS) is 24.4. The highest BCUT2D eigenvalue weighted by molar-refractivity contribution is 7.89. The van der Waals surface area contributed by atoms with Gasteiger partial charge in [-0.3, -0.25) is 0 Å². The highest BCUT2D eigenvalue weighted by Crippen LogP contribution is 2.38. The van der Waals surface area contributed by atoms with Crippen LogP contribution in [0.3, 0.4) is 0 Å². The van der Waals surface area contributed by atoms with Gasteiger partial charge in [0.2, 0.25) is 10.0 Å². The Morgan fingerprint density at radius 3 is 2.71 bits per heavy atom. The number of aromatic nitrogens is 1. The molecule has 0 amide bonds. The molecular formula is C15H23ClN2O2S. The van der Waals surface area contributed by atoms with Crippen molar-refractivity contribution in [3.8, 4) is 0 Å². The highest BCUT2D eigenvalue weighted by atomic mass is 35.5. The number of hydrogen-bond acceptors (Lipinski definition) is 2. The summed E-state index contributed by atoms with van der Waals surface area (Å²) in [5, 5.41) is 0. The third-order valence-electron chi connectivity index (χ3n) is 4.68. The van der Waals surface area contributed by atoms with Gasteiger partial charge >= 0.3 is 0 Å². The van der Waals surface area contributed by atoms with Crippen LogP contribution in [0, 0.1) is 5.92 Å². The Labute approximate surface area is 132 Å². The standard InChI is InChI=1S/C15H23ClN2O2S/c1-2-12-4-3-7-17(10-12)21(19,20)15-8-14(9-16)18(11-15)13-5-6-13/h8,11-13H,2-7,9-10H2,1H3. The van der Waals surface area contributed by atoms with Crippen LogP contribution in [0.4, 0.5) is 0 Å². The summed E-state index contributed by atoms with van der Waals surface area (Å²) in [4.78, 5) is 0.418. The zero-order valence-corrected chi connectivity index (χ0v) is 14.0. The van der Waals surface area contributed by atoms with Gasteiger partial charge in [-0.1, -0.05) is 13.3 Å². The number of halogens is 1. The fourth-order valence-corrected chi connectivity index (χ4v) is 4.99. The molecule has 2 heterocycles. The SMILES string of the molecule is CCC1CCCN(S(=O)(=O)c2cc(CCl)n(C3CC3)c2)C1. The number of sulfonamides is 1. The van der Waals surface area contributed by atoms with Crippen molar-refractivity contribution in [3.05, 3.63) is 18.0 Å². The van der Waals surface area contributed by atoms with Crippen LogP contribution in [0.25, 0.3) is 0 Å². The molecule has 1 atom stereocenters. The fraction of sp³-hybridized carbons (Fsp3) is 0.733. The number of piperidine rings is 1. The smallest absolute Gasteiger partial charge is 0.244 e. The molecule has 4 nitrogen and oxygen atoms in total. The van der Waals surface area contributed by atoms with Gasteiger partial charge in [0, 0.05) is 31.0 Å². The van der Waals surface area contributed by atoms with Crippen LogP contribution in [0.1, 0.15) is 50.8 Å². The van der Waals surface area contributed by atoms with Crippen molar-refractivity contribution in [1.82, 2.24) is 8.87 Å². The molecule has 3 rings (SSSR count). The zero-order chi connectivity index (χ0) is 15.0. The summed E-state index contributed by atoms with van der Waals surface area (Å²) < 4.78 is 29.4. The first-order valence-corrected chi connectivity index (χ1v) is 9.80. The summed E-state index contributed by atoms with van der Waals surface area (Å²) in [6, 6.07) is 2.21. The van der Waals surface area contributed by atoms with Gasteiger partial charge in [-0.05, 0) is 37.7 Å². The van der Waals surface area contributed by atoms with Crippen LogP contribution in [0.2, 0.25) is 0 Å².